The van der Waals surface area contributed by atoms with Crippen LogP contribution in [0, 0.1) is 13.8 Å². The van der Waals surface area contributed by atoms with E-state index < -0.39 is 16.1 Å². The molecule has 1 heterocycles. The number of nitrogens with one attached hydrogen (secondary N) is 1. The quantitative estimate of drug-likeness (QED) is 0.636. The largest absolute Gasteiger partial charge is 0.497 e. The summed E-state index contributed by atoms with van der Waals surface area (Å²) in [5, 5.41) is 2.96. The van der Waals surface area contributed by atoms with Gasteiger partial charge in [0.05, 0.1) is 12.0 Å². The van der Waals surface area contributed by atoms with Crippen LogP contribution in [0.2, 0.25) is 0 Å². The predicted molar refractivity (Wildman–Crippen MR) is 124 cm³/mol. The second-order valence-corrected chi connectivity index (χ2v) is 9.84. The predicted octanol–water partition coefficient (Wildman–Crippen LogP) is 4.07. The molecule has 1 aliphatic rings. The van der Waals surface area contributed by atoms with Crippen molar-refractivity contribution in [3.05, 3.63) is 89.0 Å². The fraction of sp³-hybridized carbons (Fsp3) is 0.240. The Labute approximate surface area is 188 Å². The maximum absolute atomic E-state index is 13.6. The average Bonchev–Trinajstić information content (AvgIpc) is 2.81. The topological polar surface area (TPSA) is 75.7 Å². The zero-order valence-corrected chi connectivity index (χ0v) is 19.1. The number of ether oxygens (including phenoxy) is 1. The molecule has 0 aliphatic carbocycles. The molecule has 1 atom stereocenters. The van der Waals surface area contributed by atoms with Crippen molar-refractivity contribution >= 4 is 21.6 Å². The Balaban J connectivity index is 1.72. The van der Waals surface area contributed by atoms with Crippen molar-refractivity contribution in [1.29, 1.82) is 0 Å². The van der Waals surface area contributed by atoms with E-state index in [0.29, 0.717) is 17.9 Å². The van der Waals surface area contributed by atoms with Crippen LogP contribution >= 0.6 is 0 Å². The normalized spacial score (nSPS) is 16.3. The van der Waals surface area contributed by atoms with Crippen LogP contribution < -0.4 is 10.1 Å². The lowest BCUT2D eigenvalue weighted by atomic mass is 9.95. The van der Waals surface area contributed by atoms with Crippen molar-refractivity contribution in [3.8, 4) is 5.75 Å². The number of hydrogen-bond acceptors (Lipinski definition) is 4. The number of amides is 1. The number of anilines is 1. The van der Waals surface area contributed by atoms with Gasteiger partial charge in [0.15, 0.2) is 0 Å². The monoisotopic (exact) mass is 450 g/mol. The molecule has 1 amide bonds. The Hall–Kier alpha value is -3.16. The highest BCUT2D eigenvalue weighted by Gasteiger charge is 2.39. The zero-order chi connectivity index (χ0) is 22.9. The minimum absolute atomic E-state index is 0.127. The molecule has 0 fully saturated rings. The molecule has 0 bridgehead atoms. The molecule has 0 radical (unpaired) electrons. The van der Waals surface area contributed by atoms with Gasteiger partial charge in [-0.05, 0) is 72.9 Å². The van der Waals surface area contributed by atoms with E-state index in [4.69, 9.17) is 4.74 Å². The molecule has 6 nitrogen and oxygen atoms in total. The average molecular weight is 451 g/mol. The van der Waals surface area contributed by atoms with Gasteiger partial charge >= 0.3 is 0 Å². The van der Waals surface area contributed by atoms with Crippen molar-refractivity contribution < 1.29 is 17.9 Å². The Morgan fingerprint density at radius 2 is 1.66 bits per heavy atom. The van der Waals surface area contributed by atoms with Crippen molar-refractivity contribution in [2.75, 3.05) is 12.4 Å². The molecule has 3 aromatic carbocycles. The van der Waals surface area contributed by atoms with Gasteiger partial charge in [-0.2, -0.15) is 4.31 Å². The van der Waals surface area contributed by atoms with E-state index in [2.05, 4.69) is 5.32 Å². The van der Waals surface area contributed by atoms with Gasteiger partial charge in [0, 0.05) is 12.2 Å². The van der Waals surface area contributed by atoms with Crippen LogP contribution in [0.25, 0.3) is 0 Å². The summed E-state index contributed by atoms with van der Waals surface area (Å²) in [5.41, 5.74) is 4.59. The molecule has 1 N–H and O–H groups in total. The van der Waals surface area contributed by atoms with Gasteiger partial charge in [-0.3, -0.25) is 4.79 Å². The van der Waals surface area contributed by atoms with Crippen LogP contribution in [-0.2, 0) is 27.8 Å². The summed E-state index contributed by atoms with van der Waals surface area (Å²) in [6, 6.07) is 18.7. The molecule has 0 saturated carbocycles. The van der Waals surface area contributed by atoms with Gasteiger partial charge in [-0.1, -0.05) is 36.4 Å². The summed E-state index contributed by atoms with van der Waals surface area (Å²) in [5.74, 6) is 0.224. The molecule has 3 aromatic rings. The Bertz CT molecular complexity index is 1250. The molecule has 1 aliphatic heterocycles. The molecular weight excluding hydrogens is 424 g/mol. The first-order valence-electron chi connectivity index (χ1n) is 10.4. The fourth-order valence-electron chi connectivity index (χ4n) is 3.96. The van der Waals surface area contributed by atoms with Crippen LogP contribution in [0.4, 0.5) is 5.69 Å². The molecule has 0 saturated heterocycles. The number of fused-ring (bicyclic) bond motifs is 1. The minimum Gasteiger partial charge on any atom is -0.497 e. The number of carbonyl (C=O) groups excluding carboxylic acids is 1. The maximum atomic E-state index is 13.6. The number of hydrogen-bond donors (Lipinski definition) is 1. The van der Waals surface area contributed by atoms with E-state index in [0.717, 1.165) is 22.3 Å². The van der Waals surface area contributed by atoms with Crippen LogP contribution in [0.15, 0.2) is 71.6 Å². The van der Waals surface area contributed by atoms with Crippen LogP contribution in [0.1, 0.15) is 22.3 Å². The first kappa shape index (κ1) is 22.0. The van der Waals surface area contributed by atoms with E-state index in [1.807, 2.05) is 56.3 Å². The number of nitrogens with zero attached hydrogens (tertiary/aromatic N) is 1. The summed E-state index contributed by atoms with van der Waals surface area (Å²) in [6.07, 6.45) is 0.308. The van der Waals surface area contributed by atoms with Gasteiger partial charge in [0.1, 0.15) is 11.8 Å². The van der Waals surface area contributed by atoms with Crippen molar-refractivity contribution in [2.45, 2.75) is 37.8 Å². The zero-order valence-electron chi connectivity index (χ0n) is 18.3. The third-order valence-electron chi connectivity index (χ3n) is 6.04. The number of rotatable bonds is 5. The van der Waals surface area contributed by atoms with Crippen LogP contribution in [0.3, 0.4) is 0 Å². The van der Waals surface area contributed by atoms with Gasteiger partial charge in [-0.25, -0.2) is 8.42 Å². The summed E-state index contributed by atoms with van der Waals surface area (Å²) in [4.78, 5) is 13.5. The lowest BCUT2D eigenvalue weighted by Crippen LogP contribution is -2.50. The first-order chi connectivity index (χ1) is 15.3. The molecular formula is C25H26N2O4S. The Morgan fingerprint density at radius 1 is 0.969 bits per heavy atom. The minimum atomic E-state index is -3.92. The lowest BCUT2D eigenvalue weighted by Gasteiger charge is -2.35. The van der Waals surface area contributed by atoms with Crippen LogP contribution in [0.5, 0.6) is 5.75 Å². The molecule has 32 heavy (non-hydrogen) atoms. The third-order valence-corrected chi connectivity index (χ3v) is 7.91. The lowest BCUT2D eigenvalue weighted by molar-refractivity contribution is -0.120. The summed E-state index contributed by atoms with van der Waals surface area (Å²) >= 11 is 0. The van der Waals surface area contributed by atoms with Gasteiger partial charge in [0.2, 0.25) is 15.9 Å². The maximum Gasteiger partial charge on any atom is 0.244 e. The van der Waals surface area contributed by atoms with E-state index >= 15 is 0 Å². The second-order valence-electron chi connectivity index (χ2n) is 7.95. The second kappa shape index (κ2) is 8.76. The number of carbonyl (C=O) groups is 1. The number of sulfonamides is 1. The number of aryl methyl sites for hydroxylation is 1. The van der Waals surface area contributed by atoms with E-state index in [1.54, 1.807) is 12.1 Å². The van der Waals surface area contributed by atoms with Crippen molar-refractivity contribution in [3.63, 3.8) is 0 Å². The summed E-state index contributed by atoms with van der Waals surface area (Å²) in [6.45, 7) is 4.05. The summed E-state index contributed by atoms with van der Waals surface area (Å²) < 4.78 is 33.6. The Morgan fingerprint density at radius 3 is 2.34 bits per heavy atom. The highest BCUT2D eigenvalue weighted by atomic mass is 32.2. The molecule has 7 heteroatoms. The van der Waals surface area contributed by atoms with E-state index in [-0.39, 0.29) is 17.3 Å². The van der Waals surface area contributed by atoms with Crippen molar-refractivity contribution in [1.82, 2.24) is 4.31 Å². The molecule has 4 rings (SSSR count). The first-order valence-corrected chi connectivity index (χ1v) is 11.8. The van der Waals surface area contributed by atoms with Gasteiger partial charge in [-0.15, -0.1) is 0 Å². The molecule has 0 spiro atoms. The van der Waals surface area contributed by atoms with E-state index in [1.165, 1.54) is 23.5 Å². The SMILES string of the molecule is COc1ccc(S(=O)(=O)N2Cc3ccccc3C[C@@H]2C(=O)Nc2cccc(C)c2C)cc1. The number of benzene rings is 3. The fourth-order valence-corrected chi connectivity index (χ4v) is 5.53. The van der Waals surface area contributed by atoms with Crippen molar-refractivity contribution in [2.24, 2.45) is 0 Å². The van der Waals surface area contributed by atoms with E-state index in [9.17, 15) is 13.2 Å². The standard InChI is InChI=1S/C25H26N2O4S/c1-17-7-6-10-23(18(17)2)26-25(28)24-15-19-8-4-5-9-20(19)16-27(24)32(29,30)22-13-11-21(31-3)12-14-22/h4-14,24H,15-16H2,1-3H3,(H,26,28)/t24-/m1/s1. The van der Waals surface area contributed by atoms with Gasteiger partial charge in [0.25, 0.3) is 0 Å². The highest BCUT2D eigenvalue weighted by molar-refractivity contribution is 7.89. The molecule has 166 valence electrons. The Kier molecular flexibility index (Phi) is 6.04. The molecule has 0 unspecified atom stereocenters. The highest BCUT2D eigenvalue weighted by Crippen LogP contribution is 2.31. The van der Waals surface area contributed by atoms with Crippen LogP contribution in [-0.4, -0.2) is 31.8 Å². The third kappa shape index (κ3) is 4.13. The smallest absolute Gasteiger partial charge is 0.244 e. The summed E-state index contributed by atoms with van der Waals surface area (Å²) in [7, 11) is -2.39. The van der Waals surface area contributed by atoms with Gasteiger partial charge < -0.3 is 10.1 Å². The molecule has 0 aromatic heterocycles. The number of methoxy groups -OCH3 is 1.